The Kier molecular flexibility index (Phi) is 5.26. The molecule has 0 aliphatic carbocycles. The summed E-state index contributed by atoms with van der Waals surface area (Å²) in [7, 11) is 0. The summed E-state index contributed by atoms with van der Waals surface area (Å²) in [6, 6.07) is 12.2. The molecule has 0 saturated carbocycles. The molecule has 146 valence electrons. The molecule has 3 aromatic heterocycles. The van der Waals surface area contributed by atoms with Gasteiger partial charge in [0.05, 0.1) is 0 Å². The molecule has 29 heavy (non-hydrogen) atoms. The molecule has 0 radical (unpaired) electrons. The molecule has 0 atom stereocenters. The summed E-state index contributed by atoms with van der Waals surface area (Å²) in [4.78, 5) is 11.7. The van der Waals surface area contributed by atoms with Gasteiger partial charge in [-0.1, -0.05) is 0 Å². The van der Waals surface area contributed by atoms with E-state index in [0.717, 1.165) is 35.6 Å². The van der Waals surface area contributed by atoms with Crippen molar-refractivity contribution in [3.8, 4) is 28.3 Å². The van der Waals surface area contributed by atoms with Crippen LogP contribution in [0.5, 0.6) is 0 Å². The van der Waals surface area contributed by atoms with E-state index in [-0.39, 0.29) is 11.8 Å². The zero-order chi connectivity index (χ0) is 20.2. The lowest BCUT2D eigenvalue weighted by molar-refractivity contribution is -0.698. The van der Waals surface area contributed by atoms with Crippen molar-refractivity contribution in [1.29, 1.82) is 0 Å². The summed E-state index contributed by atoms with van der Waals surface area (Å²) in [5.41, 5.74) is 15.5. The number of nitrogens with one attached hydrogen (secondary N) is 1. The molecule has 3 heterocycles. The lowest BCUT2D eigenvalue weighted by Crippen LogP contribution is -2.37. The van der Waals surface area contributed by atoms with Crippen molar-refractivity contribution < 1.29 is 13.5 Å². The number of rotatable bonds is 6. The third-order valence-corrected chi connectivity index (χ3v) is 4.64. The molecule has 0 spiro atoms. The maximum atomic E-state index is 13.4. The van der Waals surface area contributed by atoms with Crippen LogP contribution in [0, 0.1) is 5.82 Å². The number of nitrogen functional groups attached to an aromatic ring is 1. The van der Waals surface area contributed by atoms with Gasteiger partial charge in [0.1, 0.15) is 23.7 Å². The molecule has 8 heteroatoms. The lowest BCUT2D eigenvalue weighted by Gasteiger charge is -2.04. The number of aromatic amines is 1. The molecule has 0 aliphatic heterocycles. The van der Waals surface area contributed by atoms with Crippen LogP contribution in [0.4, 0.5) is 10.3 Å². The Labute approximate surface area is 167 Å². The van der Waals surface area contributed by atoms with Gasteiger partial charge in [0.25, 0.3) is 0 Å². The Morgan fingerprint density at radius 2 is 1.79 bits per heavy atom. The number of benzene rings is 1. The molecule has 5 N–H and O–H groups in total. The number of pyridine rings is 1. The van der Waals surface area contributed by atoms with Crippen LogP contribution in [-0.2, 0) is 6.54 Å². The number of H-pyrrole nitrogens is 1. The Bertz CT molecular complexity index is 1100. The second kappa shape index (κ2) is 8.15. The molecule has 0 amide bonds. The van der Waals surface area contributed by atoms with Crippen LogP contribution >= 0.6 is 0 Å². The van der Waals surface area contributed by atoms with Gasteiger partial charge in [0.2, 0.25) is 18.0 Å². The fourth-order valence-corrected chi connectivity index (χ4v) is 3.21. The van der Waals surface area contributed by atoms with Crippen molar-refractivity contribution in [3.05, 3.63) is 73.2 Å². The van der Waals surface area contributed by atoms with Gasteiger partial charge in [-0.05, 0) is 36.9 Å². The molecule has 4 rings (SSSR count). The van der Waals surface area contributed by atoms with Gasteiger partial charge >= 0.3 is 0 Å². The molecular formula is C21H22FN7+2. The number of hydrogen-bond acceptors (Lipinski definition) is 4. The van der Waals surface area contributed by atoms with Crippen molar-refractivity contribution >= 4 is 5.95 Å². The van der Waals surface area contributed by atoms with Crippen LogP contribution in [0.3, 0.4) is 0 Å². The fourth-order valence-electron chi connectivity index (χ4n) is 3.21. The second-order valence-electron chi connectivity index (χ2n) is 6.61. The molecule has 4 aromatic rings. The minimum Gasteiger partial charge on any atom is -0.368 e. The van der Waals surface area contributed by atoms with Gasteiger partial charge in [-0.2, -0.15) is 4.57 Å². The third kappa shape index (κ3) is 3.97. The van der Waals surface area contributed by atoms with E-state index in [4.69, 9.17) is 11.5 Å². The van der Waals surface area contributed by atoms with E-state index in [1.54, 1.807) is 24.4 Å². The van der Waals surface area contributed by atoms with Gasteiger partial charge in [-0.25, -0.2) is 23.9 Å². The molecule has 0 bridgehead atoms. The van der Waals surface area contributed by atoms with Crippen molar-refractivity contribution in [2.45, 2.75) is 13.0 Å². The van der Waals surface area contributed by atoms with Crippen molar-refractivity contribution in [2.24, 2.45) is 5.73 Å². The van der Waals surface area contributed by atoms with Gasteiger partial charge < -0.3 is 11.5 Å². The maximum Gasteiger partial charge on any atom is 0.247 e. The number of nitrogens with zero attached hydrogens (tertiary/aromatic N) is 4. The molecule has 1 aromatic carbocycles. The summed E-state index contributed by atoms with van der Waals surface area (Å²) in [5.74, 6) is -0.0981. The van der Waals surface area contributed by atoms with E-state index in [2.05, 4.69) is 19.5 Å². The minimum absolute atomic E-state index is 0.188. The Morgan fingerprint density at radius 3 is 2.48 bits per heavy atom. The standard InChI is InChI=1S/C21H21FN7/c22-16-4-2-15(3-5-16)19-20(18-6-10-25-21(24)27-18)29(14-26-19)17-7-12-28(13-8-17)11-1-9-23/h2-8,10,12-14H,1,9,11,23H2,(H2,24,25,27)/q+1/p+1. The summed E-state index contributed by atoms with van der Waals surface area (Å²) < 4.78 is 17.5. The van der Waals surface area contributed by atoms with Crippen LogP contribution in [-0.4, -0.2) is 21.5 Å². The topological polar surface area (TPSA) is 101 Å². The van der Waals surface area contributed by atoms with Gasteiger partial charge in [-0.15, -0.1) is 0 Å². The van der Waals surface area contributed by atoms with Gasteiger partial charge in [0.15, 0.2) is 18.1 Å². The number of imidazole rings is 1. The highest BCUT2D eigenvalue weighted by atomic mass is 19.1. The number of hydrogen-bond donors (Lipinski definition) is 3. The van der Waals surface area contributed by atoms with E-state index in [0.29, 0.717) is 12.2 Å². The zero-order valence-electron chi connectivity index (χ0n) is 15.8. The molecule has 0 saturated heterocycles. The largest absolute Gasteiger partial charge is 0.368 e. The normalized spacial score (nSPS) is 11.0. The third-order valence-electron chi connectivity index (χ3n) is 4.64. The summed E-state index contributed by atoms with van der Waals surface area (Å²) in [5, 5.41) is 0. The monoisotopic (exact) mass is 391 g/mol. The van der Waals surface area contributed by atoms with Crippen LogP contribution < -0.4 is 20.6 Å². The highest BCUT2D eigenvalue weighted by Gasteiger charge is 2.24. The quantitative estimate of drug-likeness (QED) is 0.436. The molecule has 0 unspecified atom stereocenters. The lowest BCUT2D eigenvalue weighted by atomic mass is 10.1. The van der Waals surface area contributed by atoms with Crippen LogP contribution in [0.25, 0.3) is 28.3 Å². The first-order chi connectivity index (χ1) is 14.2. The molecule has 0 aliphatic rings. The van der Waals surface area contributed by atoms with E-state index in [1.165, 1.54) is 12.1 Å². The van der Waals surface area contributed by atoms with Gasteiger partial charge in [0, 0.05) is 30.3 Å². The summed E-state index contributed by atoms with van der Waals surface area (Å²) >= 11 is 0. The van der Waals surface area contributed by atoms with Crippen molar-refractivity contribution in [3.63, 3.8) is 0 Å². The first-order valence-electron chi connectivity index (χ1n) is 9.33. The Morgan fingerprint density at radius 1 is 1.03 bits per heavy atom. The predicted molar refractivity (Wildman–Crippen MR) is 107 cm³/mol. The molecular weight excluding hydrogens is 369 g/mol. The molecule has 0 fully saturated rings. The van der Waals surface area contributed by atoms with Crippen LogP contribution in [0.15, 0.2) is 67.4 Å². The summed E-state index contributed by atoms with van der Waals surface area (Å²) in [6.45, 7) is 1.52. The van der Waals surface area contributed by atoms with Crippen LogP contribution in [0.1, 0.15) is 6.42 Å². The Balaban J connectivity index is 1.83. The fraction of sp³-hybridized carbons (Fsp3) is 0.143. The molecule has 7 nitrogen and oxygen atoms in total. The number of aromatic nitrogens is 5. The van der Waals surface area contributed by atoms with E-state index in [1.807, 2.05) is 35.4 Å². The van der Waals surface area contributed by atoms with E-state index in [9.17, 15) is 4.39 Å². The Hall–Kier alpha value is -3.65. The SMILES string of the molecule is NCCC[n+]1ccc(-[n+]2c[nH]c(-c3ccc(F)cc3)c2-c2ccnc(N)n2)cc1. The number of aryl methyl sites for hydroxylation is 1. The highest BCUT2D eigenvalue weighted by molar-refractivity contribution is 5.74. The van der Waals surface area contributed by atoms with Crippen LogP contribution in [0.2, 0.25) is 0 Å². The van der Waals surface area contributed by atoms with E-state index >= 15 is 0 Å². The van der Waals surface area contributed by atoms with Crippen molar-refractivity contribution in [1.82, 2.24) is 15.0 Å². The second-order valence-corrected chi connectivity index (χ2v) is 6.61. The number of anilines is 1. The van der Waals surface area contributed by atoms with E-state index < -0.39 is 0 Å². The first-order valence-corrected chi connectivity index (χ1v) is 9.33. The smallest absolute Gasteiger partial charge is 0.247 e. The zero-order valence-corrected chi connectivity index (χ0v) is 15.8. The minimum atomic E-state index is -0.286. The van der Waals surface area contributed by atoms with Gasteiger partial charge in [-0.3, -0.25) is 0 Å². The maximum absolute atomic E-state index is 13.4. The average molecular weight is 391 g/mol. The highest BCUT2D eigenvalue weighted by Crippen LogP contribution is 2.28. The first kappa shape index (κ1) is 18.7. The number of nitrogens with two attached hydrogens (primary N) is 2. The number of halogens is 1. The summed E-state index contributed by atoms with van der Waals surface area (Å²) in [6.07, 6.45) is 8.42. The predicted octanol–water partition coefficient (Wildman–Crippen LogP) is 1.77. The average Bonchev–Trinajstić information content (AvgIpc) is 3.18. The van der Waals surface area contributed by atoms with Crippen molar-refractivity contribution in [2.75, 3.05) is 12.3 Å².